The molecule has 1 saturated heterocycles. The molecule has 2 rings (SSSR count). The Balaban J connectivity index is 2.10. The second-order valence-corrected chi connectivity index (χ2v) is 6.88. The normalized spacial score (nSPS) is 23.6. The topological polar surface area (TPSA) is 41.1 Å². The highest BCUT2D eigenvalue weighted by atomic mass is 79.9. The van der Waals surface area contributed by atoms with Crippen LogP contribution in [0, 0.1) is 5.41 Å². The molecule has 0 aliphatic carbocycles. The molecule has 21 heavy (non-hydrogen) atoms. The van der Waals surface area contributed by atoms with Crippen molar-refractivity contribution in [1.29, 1.82) is 0 Å². The van der Waals surface area contributed by atoms with E-state index in [9.17, 15) is 4.79 Å². The number of hydrogen-bond acceptors (Lipinski definition) is 2. The van der Waals surface area contributed by atoms with Gasteiger partial charge in [-0.05, 0) is 44.4 Å². The zero-order chi connectivity index (χ0) is 15.3. The number of nitrogens with one attached hydrogen (secondary N) is 2. The molecule has 1 aromatic carbocycles. The lowest BCUT2D eigenvalue weighted by atomic mass is 9.76. The fourth-order valence-corrected chi connectivity index (χ4v) is 3.85. The number of carbonyl (C=O) groups excluding carboxylic acids is 1. The van der Waals surface area contributed by atoms with Gasteiger partial charge in [0.2, 0.25) is 5.91 Å². The molecule has 0 radical (unpaired) electrons. The Hall–Kier alpha value is -0.870. The minimum absolute atomic E-state index is 0.0173. The summed E-state index contributed by atoms with van der Waals surface area (Å²) in [5.74, 6) is 0.194. The van der Waals surface area contributed by atoms with Crippen molar-refractivity contribution in [2.75, 3.05) is 13.1 Å². The molecule has 0 spiro atoms. The number of amides is 1. The van der Waals surface area contributed by atoms with Crippen LogP contribution < -0.4 is 10.6 Å². The first-order chi connectivity index (χ1) is 10.1. The van der Waals surface area contributed by atoms with Crippen LogP contribution in [0.15, 0.2) is 28.7 Å². The molecule has 1 fully saturated rings. The molecule has 3 nitrogen and oxygen atoms in total. The van der Waals surface area contributed by atoms with Crippen molar-refractivity contribution in [3.05, 3.63) is 34.3 Å². The van der Waals surface area contributed by atoms with Gasteiger partial charge in [0.05, 0.1) is 11.5 Å². The molecule has 0 aromatic heterocycles. The van der Waals surface area contributed by atoms with Gasteiger partial charge in [-0.3, -0.25) is 4.79 Å². The van der Waals surface area contributed by atoms with E-state index in [1.165, 1.54) is 0 Å². The summed E-state index contributed by atoms with van der Waals surface area (Å²) in [6.45, 7) is 6.03. The van der Waals surface area contributed by atoms with E-state index in [-0.39, 0.29) is 17.4 Å². The summed E-state index contributed by atoms with van der Waals surface area (Å²) in [6.07, 6.45) is 4.06. The van der Waals surface area contributed by atoms with Crippen LogP contribution in [0.5, 0.6) is 0 Å². The highest BCUT2D eigenvalue weighted by Crippen LogP contribution is 2.33. The molecule has 116 valence electrons. The second kappa shape index (κ2) is 7.41. The number of carbonyl (C=O) groups is 1. The lowest BCUT2D eigenvalue weighted by Gasteiger charge is -2.37. The Morgan fingerprint density at radius 3 is 2.86 bits per heavy atom. The van der Waals surface area contributed by atoms with Crippen LogP contribution in [-0.4, -0.2) is 19.0 Å². The van der Waals surface area contributed by atoms with Gasteiger partial charge in [0.15, 0.2) is 0 Å². The average Bonchev–Trinajstić information content (AvgIpc) is 2.48. The lowest BCUT2D eigenvalue weighted by Crippen LogP contribution is -2.50. The van der Waals surface area contributed by atoms with E-state index in [0.29, 0.717) is 0 Å². The summed E-state index contributed by atoms with van der Waals surface area (Å²) in [4.78, 5) is 12.8. The van der Waals surface area contributed by atoms with E-state index >= 15 is 0 Å². The van der Waals surface area contributed by atoms with Crippen molar-refractivity contribution >= 4 is 21.8 Å². The van der Waals surface area contributed by atoms with Gasteiger partial charge in [-0.25, -0.2) is 0 Å². The third kappa shape index (κ3) is 3.86. The van der Waals surface area contributed by atoms with E-state index in [1.54, 1.807) is 0 Å². The van der Waals surface area contributed by atoms with Gasteiger partial charge in [-0.2, -0.15) is 0 Å². The summed E-state index contributed by atoms with van der Waals surface area (Å²) >= 11 is 3.56. The van der Waals surface area contributed by atoms with Crippen molar-refractivity contribution in [2.45, 2.75) is 45.6 Å². The number of piperidine rings is 1. The number of rotatable bonds is 5. The maximum absolute atomic E-state index is 12.8. The molecular formula is C17H25BrN2O. The molecule has 1 amide bonds. The van der Waals surface area contributed by atoms with Crippen molar-refractivity contribution in [3.63, 3.8) is 0 Å². The van der Waals surface area contributed by atoms with Gasteiger partial charge in [-0.1, -0.05) is 47.5 Å². The van der Waals surface area contributed by atoms with E-state index in [0.717, 1.165) is 48.8 Å². The van der Waals surface area contributed by atoms with Crippen LogP contribution in [0.25, 0.3) is 0 Å². The highest BCUT2D eigenvalue weighted by Gasteiger charge is 2.39. The zero-order valence-electron chi connectivity index (χ0n) is 12.9. The zero-order valence-corrected chi connectivity index (χ0v) is 14.5. The van der Waals surface area contributed by atoms with Crippen LogP contribution in [0.4, 0.5) is 0 Å². The Morgan fingerprint density at radius 2 is 2.24 bits per heavy atom. The fourth-order valence-electron chi connectivity index (χ4n) is 3.22. The maximum atomic E-state index is 12.8. The largest absolute Gasteiger partial charge is 0.349 e. The highest BCUT2D eigenvalue weighted by molar-refractivity contribution is 9.10. The monoisotopic (exact) mass is 352 g/mol. The first-order valence-electron chi connectivity index (χ1n) is 7.85. The number of halogens is 1. The van der Waals surface area contributed by atoms with Crippen LogP contribution >= 0.6 is 15.9 Å². The molecule has 1 heterocycles. The molecule has 2 N–H and O–H groups in total. The smallest absolute Gasteiger partial charge is 0.227 e. The molecule has 2 unspecified atom stereocenters. The standard InChI is InChI=1S/C17H25BrN2O/c1-3-9-17(10-6-11-19-12-17)16(21)20-13(2)14-7-4-5-8-15(14)18/h4-5,7-8,13,19H,3,6,9-12H2,1-2H3,(H,20,21). The molecule has 1 aliphatic heterocycles. The predicted octanol–water partition coefficient (Wildman–Crippen LogP) is 3.80. The average molecular weight is 353 g/mol. The Kier molecular flexibility index (Phi) is 5.82. The van der Waals surface area contributed by atoms with Crippen LogP contribution in [-0.2, 0) is 4.79 Å². The van der Waals surface area contributed by atoms with E-state index in [1.807, 2.05) is 25.1 Å². The van der Waals surface area contributed by atoms with Gasteiger partial charge in [0.25, 0.3) is 0 Å². The van der Waals surface area contributed by atoms with E-state index < -0.39 is 0 Å². The Bertz CT molecular complexity index is 478. The van der Waals surface area contributed by atoms with E-state index in [2.05, 4.69) is 39.6 Å². The minimum atomic E-state index is -0.234. The van der Waals surface area contributed by atoms with Crippen molar-refractivity contribution in [3.8, 4) is 0 Å². The quantitative estimate of drug-likeness (QED) is 0.846. The third-order valence-corrected chi connectivity index (χ3v) is 5.12. The Labute approximate surface area is 136 Å². The van der Waals surface area contributed by atoms with Crippen molar-refractivity contribution in [1.82, 2.24) is 10.6 Å². The SMILES string of the molecule is CCCC1(C(=O)NC(C)c2ccccc2Br)CCCNC1. The van der Waals surface area contributed by atoms with Crippen LogP contribution in [0.1, 0.15) is 51.1 Å². The second-order valence-electron chi connectivity index (χ2n) is 6.03. The molecular weight excluding hydrogens is 328 g/mol. The lowest BCUT2D eigenvalue weighted by molar-refractivity contribution is -0.133. The van der Waals surface area contributed by atoms with Crippen LogP contribution in [0.2, 0.25) is 0 Å². The third-order valence-electron chi connectivity index (χ3n) is 4.40. The molecule has 0 bridgehead atoms. The van der Waals surface area contributed by atoms with Crippen molar-refractivity contribution in [2.24, 2.45) is 5.41 Å². The summed E-state index contributed by atoms with van der Waals surface area (Å²) in [5, 5.41) is 6.62. The summed E-state index contributed by atoms with van der Waals surface area (Å²) in [5.41, 5.74) is 0.893. The van der Waals surface area contributed by atoms with Gasteiger partial charge in [0.1, 0.15) is 0 Å². The van der Waals surface area contributed by atoms with Crippen LogP contribution in [0.3, 0.4) is 0 Å². The first-order valence-corrected chi connectivity index (χ1v) is 8.64. The summed E-state index contributed by atoms with van der Waals surface area (Å²) in [7, 11) is 0. The number of hydrogen-bond donors (Lipinski definition) is 2. The van der Waals surface area contributed by atoms with E-state index in [4.69, 9.17) is 0 Å². The fraction of sp³-hybridized carbons (Fsp3) is 0.588. The molecule has 1 aliphatic rings. The molecule has 0 saturated carbocycles. The molecule has 1 aromatic rings. The minimum Gasteiger partial charge on any atom is -0.349 e. The maximum Gasteiger partial charge on any atom is 0.227 e. The van der Waals surface area contributed by atoms with Gasteiger partial charge < -0.3 is 10.6 Å². The first kappa shape index (κ1) is 16.5. The van der Waals surface area contributed by atoms with Crippen molar-refractivity contribution < 1.29 is 4.79 Å². The molecule has 2 atom stereocenters. The summed E-state index contributed by atoms with van der Waals surface area (Å²) < 4.78 is 1.05. The Morgan fingerprint density at radius 1 is 1.48 bits per heavy atom. The van der Waals surface area contributed by atoms with Gasteiger partial charge in [-0.15, -0.1) is 0 Å². The predicted molar refractivity (Wildman–Crippen MR) is 90.1 cm³/mol. The summed E-state index contributed by atoms with van der Waals surface area (Å²) in [6, 6.07) is 8.09. The molecule has 4 heteroatoms. The van der Waals surface area contributed by atoms with Gasteiger partial charge >= 0.3 is 0 Å². The number of benzene rings is 1. The van der Waals surface area contributed by atoms with Gasteiger partial charge in [0, 0.05) is 11.0 Å².